The maximum Gasteiger partial charge on any atom is 0.274 e. The molecule has 0 aliphatic heterocycles. The minimum absolute atomic E-state index is 0.0104. The summed E-state index contributed by atoms with van der Waals surface area (Å²) in [7, 11) is 0. The van der Waals surface area contributed by atoms with Crippen molar-refractivity contribution in [3.8, 4) is 0 Å². The van der Waals surface area contributed by atoms with Crippen LogP contribution in [-0.2, 0) is 4.79 Å². The number of hydrogen-bond donors (Lipinski definition) is 3. The summed E-state index contributed by atoms with van der Waals surface area (Å²) in [6, 6.07) is 0. The third-order valence-electron chi connectivity index (χ3n) is 1.68. The molecule has 1 rings (SSSR count). The number of hydrogen-bond acceptors (Lipinski definition) is 7. The number of carboxylic acid groups (broad SMARTS) is 1. The molecular weight excluding hydrogens is 214 g/mol. The van der Waals surface area contributed by atoms with Gasteiger partial charge >= 0.3 is 0 Å². The first kappa shape index (κ1) is 11.7. The number of carbonyl (C=O) groups excluding carboxylic acids is 1. The summed E-state index contributed by atoms with van der Waals surface area (Å²) in [5, 5.41) is 17.6. The van der Waals surface area contributed by atoms with Crippen molar-refractivity contribution in [1.82, 2.24) is 20.6 Å². The van der Waals surface area contributed by atoms with Gasteiger partial charge in [0.1, 0.15) is 5.69 Å². The van der Waals surface area contributed by atoms with E-state index in [1.807, 2.05) is 0 Å². The minimum atomic E-state index is -1.38. The first-order valence-electron chi connectivity index (χ1n) is 4.38. The SMILES string of the molecule is C/C=C(/NNc1nnc(C)c(=O)[nH]1)C(=O)[O-]. The molecule has 0 aliphatic rings. The second-order valence-corrected chi connectivity index (χ2v) is 2.83. The predicted molar refractivity (Wildman–Crippen MR) is 52.9 cm³/mol. The zero-order valence-corrected chi connectivity index (χ0v) is 8.70. The Bertz CT molecular complexity index is 479. The number of anilines is 1. The van der Waals surface area contributed by atoms with Crippen LogP contribution in [0.25, 0.3) is 0 Å². The number of nitrogens with zero attached hydrogens (tertiary/aromatic N) is 2. The second kappa shape index (κ2) is 4.91. The standard InChI is InChI=1S/C8H11N5O3/c1-3-5(7(15)16)11-13-8-9-6(14)4(2)10-12-8/h3,11H,1-2H3,(H,15,16)(H2,9,12,13,14)/p-1/b5-3+. The molecule has 0 saturated carbocycles. The van der Waals surface area contributed by atoms with Crippen molar-refractivity contribution in [1.29, 1.82) is 0 Å². The van der Waals surface area contributed by atoms with Crippen molar-refractivity contribution in [3.63, 3.8) is 0 Å². The number of aromatic amines is 1. The largest absolute Gasteiger partial charge is 0.543 e. The highest BCUT2D eigenvalue weighted by Crippen LogP contribution is 1.91. The Labute approximate surface area is 90.4 Å². The van der Waals surface area contributed by atoms with Gasteiger partial charge in [0.15, 0.2) is 0 Å². The van der Waals surface area contributed by atoms with Crippen LogP contribution in [0.4, 0.5) is 5.95 Å². The molecule has 0 amide bonds. The molecule has 0 unspecified atom stereocenters. The van der Waals surface area contributed by atoms with Crippen LogP contribution in [0.3, 0.4) is 0 Å². The molecule has 8 heteroatoms. The first-order chi connectivity index (χ1) is 7.54. The zero-order valence-electron chi connectivity index (χ0n) is 8.70. The van der Waals surface area contributed by atoms with Gasteiger partial charge in [-0.1, -0.05) is 6.08 Å². The van der Waals surface area contributed by atoms with Gasteiger partial charge in [-0.05, 0) is 13.8 Å². The monoisotopic (exact) mass is 224 g/mol. The number of aryl methyl sites for hydroxylation is 1. The van der Waals surface area contributed by atoms with E-state index < -0.39 is 11.5 Å². The van der Waals surface area contributed by atoms with Gasteiger partial charge in [0, 0.05) is 0 Å². The van der Waals surface area contributed by atoms with E-state index in [1.54, 1.807) is 0 Å². The average molecular weight is 224 g/mol. The molecule has 1 aromatic rings. The number of H-pyrrole nitrogens is 1. The Morgan fingerprint density at radius 2 is 2.19 bits per heavy atom. The molecule has 3 N–H and O–H groups in total. The summed E-state index contributed by atoms with van der Waals surface area (Å²) in [5.74, 6) is -1.37. The Kier molecular flexibility index (Phi) is 3.59. The number of allylic oxidation sites excluding steroid dienone is 1. The lowest BCUT2D eigenvalue weighted by atomic mass is 10.4. The lowest BCUT2D eigenvalue weighted by Crippen LogP contribution is -2.36. The third-order valence-corrected chi connectivity index (χ3v) is 1.68. The van der Waals surface area contributed by atoms with Gasteiger partial charge < -0.3 is 9.90 Å². The Hall–Kier alpha value is -2.38. The van der Waals surface area contributed by atoms with Gasteiger partial charge in [0.2, 0.25) is 5.95 Å². The van der Waals surface area contributed by atoms with Gasteiger partial charge in [0.25, 0.3) is 5.56 Å². The van der Waals surface area contributed by atoms with Gasteiger partial charge in [-0.15, -0.1) is 10.2 Å². The van der Waals surface area contributed by atoms with Crippen LogP contribution in [0, 0.1) is 6.92 Å². The van der Waals surface area contributed by atoms with Crippen molar-refractivity contribution >= 4 is 11.9 Å². The average Bonchev–Trinajstić information content (AvgIpc) is 2.23. The Morgan fingerprint density at radius 3 is 2.69 bits per heavy atom. The number of rotatable bonds is 4. The molecule has 0 aliphatic carbocycles. The molecule has 0 radical (unpaired) electrons. The van der Waals surface area contributed by atoms with Gasteiger partial charge in [-0.3, -0.25) is 20.6 Å². The van der Waals surface area contributed by atoms with Gasteiger partial charge in [-0.25, -0.2) is 0 Å². The minimum Gasteiger partial charge on any atom is -0.543 e. The van der Waals surface area contributed by atoms with Crippen LogP contribution in [0.5, 0.6) is 0 Å². The molecule has 0 spiro atoms. The van der Waals surface area contributed by atoms with E-state index in [0.29, 0.717) is 0 Å². The van der Waals surface area contributed by atoms with Crippen molar-refractivity contribution in [2.45, 2.75) is 13.8 Å². The van der Waals surface area contributed by atoms with Crippen molar-refractivity contribution in [2.75, 3.05) is 5.43 Å². The molecule has 1 aromatic heterocycles. The molecule has 0 fully saturated rings. The van der Waals surface area contributed by atoms with Crippen LogP contribution in [0.2, 0.25) is 0 Å². The van der Waals surface area contributed by atoms with Crippen LogP contribution in [0.1, 0.15) is 12.6 Å². The normalized spacial score (nSPS) is 11.0. The van der Waals surface area contributed by atoms with E-state index in [2.05, 4.69) is 26.0 Å². The number of hydrazine groups is 1. The number of aliphatic carboxylic acids is 1. The lowest BCUT2D eigenvalue weighted by Gasteiger charge is -2.11. The second-order valence-electron chi connectivity index (χ2n) is 2.83. The van der Waals surface area contributed by atoms with E-state index >= 15 is 0 Å². The molecule has 0 saturated heterocycles. The first-order valence-corrected chi connectivity index (χ1v) is 4.38. The summed E-state index contributed by atoms with van der Waals surface area (Å²) in [4.78, 5) is 24.0. The van der Waals surface area contributed by atoms with Crippen LogP contribution >= 0.6 is 0 Å². The predicted octanol–water partition coefficient (Wildman–Crippen LogP) is -1.96. The summed E-state index contributed by atoms with van der Waals surface area (Å²) in [6.45, 7) is 3.02. The summed E-state index contributed by atoms with van der Waals surface area (Å²) in [5.41, 5.74) is 4.32. The highest BCUT2D eigenvalue weighted by Gasteiger charge is 2.00. The fraction of sp³-hybridized carbons (Fsp3) is 0.250. The highest BCUT2D eigenvalue weighted by molar-refractivity contribution is 5.83. The summed E-state index contributed by atoms with van der Waals surface area (Å²) < 4.78 is 0. The van der Waals surface area contributed by atoms with E-state index in [-0.39, 0.29) is 17.3 Å². The van der Waals surface area contributed by atoms with Crippen LogP contribution < -0.4 is 21.5 Å². The molecule has 86 valence electrons. The van der Waals surface area contributed by atoms with Crippen molar-refractivity contribution in [3.05, 3.63) is 27.8 Å². The van der Waals surface area contributed by atoms with Crippen LogP contribution in [-0.4, -0.2) is 21.2 Å². The molecular formula is C8H10N5O3-. The molecule has 0 bridgehead atoms. The van der Waals surface area contributed by atoms with E-state index in [1.165, 1.54) is 19.9 Å². The fourth-order valence-corrected chi connectivity index (χ4v) is 0.817. The summed E-state index contributed by atoms with van der Waals surface area (Å²) in [6.07, 6.45) is 1.29. The Balaban J connectivity index is 2.72. The van der Waals surface area contributed by atoms with Gasteiger partial charge in [-0.2, -0.15) is 0 Å². The number of carbonyl (C=O) groups is 1. The highest BCUT2D eigenvalue weighted by atomic mass is 16.4. The molecule has 16 heavy (non-hydrogen) atoms. The van der Waals surface area contributed by atoms with E-state index in [0.717, 1.165) is 0 Å². The summed E-state index contributed by atoms with van der Waals surface area (Å²) >= 11 is 0. The van der Waals surface area contributed by atoms with Crippen molar-refractivity contribution in [2.24, 2.45) is 0 Å². The van der Waals surface area contributed by atoms with E-state index in [4.69, 9.17) is 0 Å². The zero-order chi connectivity index (χ0) is 12.1. The lowest BCUT2D eigenvalue weighted by molar-refractivity contribution is -0.299. The topological polar surface area (TPSA) is 123 Å². The smallest absolute Gasteiger partial charge is 0.274 e. The molecule has 1 heterocycles. The Morgan fingerprint density at radius 1 is 1.50 bits per heavy atom. The maximum absolute atomic E-state index is 11.1. The third kappa shape index (κ3) is 2.80. The van der Waals surface area contributed by atoms with E-state index in [9.17, 15) is 14.7 Å². The molecule has 0 atom stereocenters. The number of aromatic nitrogens is 3. The van der Waals surface area contributed by atoms with Crippen LogP contribution in [0.15, 0.2) is 16.6 Å². The van der Waals surface area contributed by atoms with Gasteiger partial charge in [0.05, 0.1) is 11.7 Å². The fourth-order valence-electron chi connectivity index (χ4n) is 0.817. The molecule has 8 nitrogen and oxygen atoms in total. The molecule has 0 aromatic carbocycles. The van der Waals surface area contributed by atoms with Crippen molar-refractivity contribution < 1.29 is 9.90 Å². The maximum atomic E-state index is 11.1. The number of nitrogens with one attached hydrogen (secondary N) is 3. The quantitative estimate of drug-likeness (QED) is 0.401. The number of carboxylic acids is 1.